The van der Waals surface area contributed by atoms with Crippen LogP contribution in [0.2, 0.25) is 5.02 Å². The van der Waals surface area contributed by atoms with Crippen LogP contribution in [0.15, 0.2) is 42.5 Å². The summed E-state index contributed by atoms with van der Waals surface area (Å²) in [6.07, 6.45) is 1.96. The molecule has 121 valence electrons. The molecular weight excluding hydrogens is 326 g/mol. The van der Waals surface area contributed by atoms with E-state index < -0.39 is 5.92 Å². The van der Waals surface area contributed by atoms with Gasteiger partial charge in [-0.25, -0.2) is 0 Å². The predicted molar refractivity (Wildman–Crippen MR) is 93.6 cm³/mol. The van der Waals surface area contributed by atoms with Crippen molar-refractivity contribution in [1.29, 1.82) is 0 Å². The number of halogens is 1. The maximum Gasteiger partial charge on any atom is 0.262 e. The Morgan fingerprint density at radius 1 is 1.21 bits per heavy atom. The molecule has 1 aromatic heterocycles. The lowest BCUT2D eigenvalue weighted by molar-refractivity contribution is 0.0963. The smallest absolute Gasteiger partial charge is 0.262 e. The number of benzene rings is 2. The minimum Gasteiger partial charge on any atom is -0.508 e. The Morgan fingerprint density at radius 2 is 1.88 bits per heavy atom. The quantitative estimate of drug-likeness (QED) is 0.777. The second-order valence-corrected chi connectivity index (χ2v) is 6.12. The van der Waals surface area contributed by atoms with Crippen molar-refractivity contribution >= 4 is 34.7 Å². The van der Waals surface area contributed by atoms with Crippen LogP contribution in [-0.2, 0) is 4.79 Å². The van der Waals surface area contributed by atoms with Crippen molar-refractivity contribution in [3.05, 3.63) is 64.3 Å². The summed E-state index contributed by atoms with van der Waals surface area (Å²) in [5.74, 6) is -0.643. The normalized spacial score (nSPS) is 12.3. The van der Waals surface area contributed by atoms with Crippen molar-refractivity contribution in [3.63, 3.8) is 0 Å². The average Bonchev–Trinajstić information content (AvgIpc) is 2.85. The Balaban J connectivity index is 2.28. The molecule has 0 fully saturated rings. The monoisotopic (exact) mass is 340 g/mol. The number of phenolic OH excluding ortho intramolecular Hbond substituents is 1. The van der Waals surface area contributed by atoms with Crippen molar-refractivity contribution in [2.45, 2.75) is 19.8 Å². The zero-order valence-electron chi connectivity index (χ0n) is 13.2. The van der Waals surface area contributed by atoms with E-state index in [0.29, 0.717) is 32.7 Å². The molecule has 0 amide bonds. The highest BCUT2D eigenvalue weighted by atomic mass is 35.5. The molecule has 3 aromatic rings. The summed E-state index contributed by atoms with van der Waals surface area (Å²) in [7, 11) is 0. The molecule has 0 saturated heterocycles. The van der Waals surface area contributed by atoms with Gasteiger partial charge >= 0.3 is 0 Å². The van der Waals surface area contributed by atoms with E-state index >= 15 is 0 Å². The number of aromatic hydroxyl groups is 1. The van der Waals surface area contributed by atoms with Crippen molar-refractivity contribution < 1.29 is 14.7 Å². The van der Waals surface area contributed by atoms with E-state index in [4.69, 9.17) is 11.6 Å². The Bertz CT molecular complexity index is 941. The first-order valence-electron chi connectivity index (χ1n) is 7.46. The van der Waals surface area contributed by atoms with Gasteiger partial charge in [0.25, 0.3) is 5.91 Å². The summed E-state index contributed by atoms with van der Waals surface area (Å²) in [5, 5.41) is 11.0. The van der Waals surface area contributed by atoms with Crippen LogP contribution in [0.3, 0.4) is 0 Å². The third-order valence-corrected chi connectivity index (χ3v) is 4.39. The van der Waals surface area contributed by atoms with Gasteiger partial charge in [0.1, 0.15) is 5.75 Å². The Morgan fingerprint density at radius 3 is 2.50 bits per heavy atom. The summed E-state index contributed by atoms with van der Waals surface area (Å²) in [6, 6.07) is 11.4. The zero-order chi connectivity index (χ0) is 17.4. The van der Waals surface area contributed by atoms with Crippen LogP contribution in [0.5, 0.6) is 5.75 Å². The van der Waals surface area contributed by atoms with E-state index in [1.54, 1.807) is 54.8 Å². The van der Waals surface area contributed by atoms with Gasteiger partial charge in [0.05, 0.1) is 11.4 Å². The molecule has 0 aliphatic heterocycles. The number of phenols is 1. The summed E-state index contributed by atoms with van der Waals surface area (Å²) < 4.78 is 1.56. The number of fused-ring (bicyclic) bond motifs is 1. The molecule has 1 N–H and O–H groups in total. The van der Waals surface area contributed by atoms with Gasteiger partial charge in [-0.1, -0.05) is 18.5 Å². The highest BCUT2D eigenvalue weighted by Crippen LogP contribution is 2.33. The van der Waals surface area contributed by atoms with Gasteiger partial charge in [-0.05, 0) is 55.0 Å². The number of carbonyl (C=O) groups is 1. The molecule has 4 nitrogen and oxygen atoms in total. The minimum atomic E-state index is -0.506. The molecule has 0 saturated carbocycles. The van der Waals surface area contributed by atoms with Gasteiger partial charge in [0.15, 0.2) is 0 Å². The predicted octanol–water partition coefficient (Wildman–Crippen LogP) is 4.21. The van der Waals surface area contributed by atoms with Crippen molar-refractivity contribution in [2.75, 3.05) is 0 Å². The second-order valence-electron chi connectivity index (χ2n) is 5.69. The Labute approximate surface area is 144 Å². The Hall–Kier alpha value is -2.59. The number of hydrogen-bond donors (Lipinski definition) is 1. The zero-order valence-corrected chi connectivity index (χ0v) is 14.0. The molecule has 1 atom stereocenters. The molecule has 1 heterocycles. The number of nitrogens with zero attached hydrogens (tertiary/aromatic N) is 1. The van der Waals surface area contributed by atoms with Crippen molar-refractivity contribution in [2.24, 2.45) is 0 Å². The molecule has 0 spiro atoms. The van der Waals surface area contributed by atoms with Gasteiger partial charge < -0.3 is 5.11 Å². The van der Waals surface area contributed by atoms with Crippen LogP contribution in [0.25, 0.3) is 10.9 Å². The number of hydrogen-bond acceptors (Lipinski definition) is 3. The highest BCUT2D eigenvalue weighted by molar-refractivity contribution is 6.30. The minimum absolute atomic E-state index is 0.0814. The number of aromatic nitrogens is 1. The van der Waals surface area contributed by atoms with E-state index in [2.05, 4.69) is 0 Å². The summed E-state index contributed by atoms with van der Waals surface area (Å²) in [6.45, 7) is 3.50. The van der Waals surface area contributed by atoms with Crippen LogP contribution < -0.4 is 0 Å². The van der Waals surface area contributed by atoms with Gasteiger partial charge in [-0.2, -0.15) is 0 Å². The van der Waals surface area contributed by atoms with Gasteiger partial charge in [-0.15, -0.1) is 0 Å². The molecule has 0 bridgehead atoms. The van der Waals surface area contributed by atoms with E-state index in [9.17, 15) is 14.7 Å². The lowest BCUT2D eigenvalue weighted by Gasteiger charge is -2.08. The Kier molecular flexibility index (Phi) is 4.16. The molecule has 3 rings (SSSR count). The molecule has 1 radical (unpaired) electrons. The van der Waals surface area contributed by atoms with Crippen LogP contribution in [0.4, 0.5) is 0 Å². The summed E-state index contributed by atoms with van der Waals surface area (Å²) >= 11 is 5.88. The van der Waals surface area contributed by atoms with Crippen LogP contribution >= 0.6 is 11.6 Å². The maximum atomic E-state index is 13.0. The number of carbonyl (C=O) groups excluding carboxylic acids is 2. The van der Waals surface area contributed by atoms with E-state index in [1.807, 2.05) is 6.29 Å². The molecule has 5 heteroatoms. The van der Waals surface area contributed by atoms with Crippen molar-refractivity contribution in [3.8, 4) is 5.75 Å². The third-order valence-electron chi connectivity index (χ3n) is 4.14. The van der Waals surface area contributed by atoms with E-state index in [0.717, 1.165) is 0 Å². The lowest BCUT2D eigenvalue weighted by Crippen LogP contribution is -2.14. The van der Waals surface area contributed by atoms with Gasteiger partial charge in [-0.3, -0.25) is 14.2 Å². The maximum absolute atomic E-state index is 13.0. The first-order valence-corrected chi connectivity index (χ1v) is 7.83. The molecule has 0 unspecified atom stereocenters. The average molecular weight is 341 g/mol. The molecular formula is C19H15ClNO3. The second kappa shape index (κ2) is 6.13. The standard InChI is InChI=1S/C19H15ClNO3/c1-11(10-22)18-12(2)21(17-8-7-15(23)9-16(17)18)19(24)13-3-5-14(20)6-4-13/h3-9,11,23H,1-2H3/t11-/m0/s1. The van der Waals surface area contributed by atoms with Crippen LogP contribution in [0, 0.1) is 6.92 Å². The lowest BCUT2D eigenvalue weighted by atomic mass is 9.99. The first-order chi connectivity index (χ1) is 11.4. The molecule has 0 aliphatic rings. The SMILES string of the molecule is Cc1c([C@@H](C)[C]=O)c2cc(O)ccc2n1C(=O)c1ccc(Cl)cc1. The summed E-state index contributed by atoms with van der Waals surface area (Å²) in [5.41, 5.74) is 2.48. The molecule has 0 aliphatic carbocycles. The van der Waals surface area contributed by atoms with Gasteiger partial charge in [0.2, 0.25) is 6.29 Å². The largest absolute Gasteiger partial charge is 0.508 e. The molecule has 24 heavy (non-hydrogen) atoms. The van der Waals surface area contributed by atoms with Crippen LogP contribution in [-0.4, -0.2) is 21.9 Å². The topological polar surface area (TPSA) is 59.3 Å². The molecule has 2 aromatic carbocycles. The van der Waals surface area contributed by atoms with Crippen LogP contribution in [0.1, 0.15) is 34.5 Å². The van der Waals surface area contributed by atoms with Crippen molar-refractivity contribution in [1.82, 2.24) is 4.57 Å². The van der Waals surface area contributed by atoms with Gasteiger partial charge in [0, 0.05) is 21.7 Å². The van der Waals surface area contributed by atoms with E-state index in [-0.39, 0.29) is 11.7 Å². The highest BCUT2D eigenvalue weighted by Gasteiger charge is 2.23. The van der Waals surface area contributed by atoms with E-state index in [1.165, 1.54) is 6.07 Å². The number of rotatable bonds is 3. The fourth-order valence-corrected chi connectivity index (χ4v) is 3.15. The first kappa shape index (κ1) is 16.3. The summed E-state index contributed by atoms with van der Waals surface area (Å²) in [4.78, 5) is 24.1. The third kappa shape index (κ3) is 2.59. The fourth-order valence-electron chi connectivity index (χ4n) is 3.02. The fraction of sp³-hybridized carbons (Fsp3) is 0.158.